The number of ether oxygens (including phenoxy) is 1. The molecule has 0 aliphatic heterocycles. The zero-order valence-corrected chi connectivity index (χ0v) is 23.1. The molecule has 0 amide bonds. The van der Waals surface area contributed by atoms with Gasteiger partial charge >= 0.3 is 0 Å². The Kier molecular flexibility index (Phi) is 8.17. The SMILES string of the molecule is CC#CCn1c(CC2CC=C(c3cccc(OCc4ccc(Cl)cc4P)n3)CC2)nc2ccc(C=O)nc21. The Morgan fingerprint density at radius 3 is 2.84 bits per heavy atom. The summed E-state index contributed by atoms with van der Waals surface area (Å²) in [5.74, 6) is 8.11. The van der Waals surface area contributed by atoms with Gasteiger partial charge < -0.3 is 9.30 Å². The van der Waals surface area contributed by atoms with Gasteiger partial charge in [0.2, 0.25) is 5.88 Å². The Bertz CT molecular complexity index is 1580. The summed E-state index contributed by atoms with van der Waals surface area (Å²) in [5, 5.41) is 1.72. The van der Waals surface area contributed by atoms with Crippen LogP contribution in [-0.4, -0.2) is 25.8 Å². The number of aldehydes is 1. The molecule has 0 saturated heterocycles. The molecule has 2 unspecified atom stereocenters. The molecule has 5 rings (SSSR count). The van der Waals surface area contributed by atoms with Crippen molar-refractivity contribution in [1.82, 2.24) is 19.5 Å². The highest BCUT2D eigenvalue weighted by atomic mass is 35.5. The summed E-state index contributed by atoms with van der Waals surface area (Å²) in [7, 11) is 2.70. The van der Waals surface area contributed by atoms with E-state index in [-0.39, 0.29) is 0 Å². The number of halogens is 1. The second-order valence-corrected chi connectivity index (χ2v) is 10.4. The average Bonchev–Trinajstić information content (AvgIpc) is 3.27. The van der Waals surface area contributed by atoms with Crippen LogP contribution in [0.25, 0.3) is 16.7 Å². The van der Waals surface area contributed by atoms with Crippen molar-refractivity contribution in [2.45, 2.75) is 45.8 Å². The fourth-order valence-electron chi connectivity index (χ4n) is 4.70. The lowest BCUT2D eigenvalue weighted by Gasteiger charge is -2.22. The van der Waals surface area contributed by atoms with Crippen molar-refractivity contribution in [3.8, 4) is 17.7 Å². The smallest absolute Gasteiger partial charge is 0.214 e. The molecule has 6 nitrogen and oxygen atoms in total. The van der Waals surface area contributed by atoms with Gasteiger partial charge in [-0.1, -0.05) is 35.7 Å². The number of hydrogen-bond donors (Lipinski definition) is 0. The maximum absolute atomic E-state index is 11.2. The van der Waals surface area contributed by atoms with Gasteiger partial charge in [0.05, 0.1) is 12.2 Å². The summed E-state index contributed by atoms with van der Waals surface area (Å²) in [5.41, 5.74) is 5.17. The minimum Gasteiger partial charge on any atom is -0.473 e. The lowest BCUT2D eigenvalue weighted by atomic mass is 9.86. The van der Waals surface area contributed by atoms with Crippen LogP contribution >= 0.6 is 20.8 Å². The first kappa shape index (κ1) is 26.1. The molecule has 3 aromatic heterocycles. The summed E-state index contributed by atoms with van der Waals surface area (Å²) < 4.78 is 8.03. The van der Waals surface area contributed by atoms with E-state index >= 15 is 0 Å². The Morgan fingerprint density at radius 1 is 1.18 bits per heavy atom. The van der Waals surface area contributed by atoms with Gasteiger partial charge in [0.1, 0.15) is 23.6 Å². The number of carbonyl (C=O) groups excluding carboxylic acids is 1. The van der Waals surface area contributed by atoms with Crippen molar-refractivity contribution in [2.24, 2.45) is 5.92 Å². The predicted molar refractivity (Wildman–Crippen MR) is 155 cm³/mol. The second-order valence-electron chi connectivity index (χ2n) is 9.30. The number of fused-ring (bicyclic) bond motifs is 1. The van der Waals surface area contributed by atoms with Crippen LogP contribution in [0.4, 0.5) is 0 Å². The van der Waals surface area contributed by atoms with E-state index in [0.717, 1.165) is 59.9 Å². The van der Waals surface area contributed by atoms with Crippen molar-refractivity contribution in [1.29, 1.82) is 0 Å². The van der Waals surface area contributed by atoms with E-state index in [1.54, 1.807) is 6.07 Å². The molecule has 4 aromatic rings. The Morgan fingerprint density at radius 2 is 2.08 bits per heavy atom. The molecule has 0 fully saturated rings. The van der Waals surface area contributed by atoms with Crippen LogP contribution in [0.3, 0.4) is 0 Å². The molecule has 0 bridgehead atoms. The van der Waals surface area contributed by atoms with Crippen molar-refractivity contribution in [3.05, 3.63) is 82.4 Å². The molecule has 3 heterocycles. The quantitative estimate of drug-likeness (QED) is 0.159. The third kappa shape index (κ3) is 5.96. The monoisotopic (exact) mass is 542 g/mol. The minimum atomic E-state index is 0.404. The second kappa shape index (κ2) is 11.9. The molecule has 1 aliphatic carbocycles. The molecule has 0 radical (unpaired) electrons. The predicted octanol–water partition coefficient (Wildman–Crippen LogP) is 5.82. The minimum absolute atomic E-state index is 0.404. The molecular weight excluding hydrogens is 515 g/mol. The Labute approximate surface area is 229 Å². The van der Waals surface area contributed by atoms with Crippen LogP contribution in [0.5, 0.6) is 5.88 Å². The fraction of sp³-hybridized carbons (Fsp3) is 0.267. The first-order valence-corrected chi connectivity index (χ1v) is 13.5. The molecule has 1 aliphatic rings. The zero-order valence-electron chi connectivity index (χ0n) is 21.2. The normalized spacial score (nSPS) is 15.0. The highest BCUT2D eigenvalue weighted by Gasteiger charge is 2.21. The maximum Gasteiger partial charge on any atom is 0.214 e. The van der Waals surface area contributed by atoms with Gasteiger partial charge in [-0.05, 0) is 78.9 Å². The van der Waals surface area contributed by atoms with Gasteiger partial charge in [-0.25, -0.2) is 15.0 Å². The van der Waals surface area contributed by atoms with Gasteiger partial charge in [0.15, 0.2) is 11.9 Å². The summed E-state index contributed by atoms with van der Waals surface area (Å²) in [6.07, 6.45) is 6.81. The zero-order chi connectivity index (χ0) is 26.5. The summed E-state index contributed by atoms with van der Waals surface area (Å²) in [6, 6.07) is 15.2. The van der Waals surface area contributed by atoms with Crippen LogP contribution < -0.4 is 10.0 Å². The van der Waals surface area contributed by atoms with E-state index in [1.807, 2.05) is 54.0 Å². The summed E-state index contributed by atoms with van der Waals surface area (Å²) in [4.78, 5) is 25.3. The van der Waals surface area contributed by atoms with Crippen LogP contribution in [0.2, 0.25) is 5.02 Å². The maximum atomic E-state index is 11.2. The Balaban J connectivity index is 1.27. The highest BCUT2D eigenvalue weighted by Crippen LogP contribution is 2.32. The number of aromatic nitrogens is 4. The Hall–Kier alpha value is -3.52. The fourth-order valence-corrected chi connectivity index (χ4v) is 5.34. The van der Waals surface area contributed by atoms with Crippen LogP contribution in [-0.2, 0) is 19.6 Å². The standard InChI is InChI=1S/C30H28ClN4O2P/c1-2-3-15-35-28(33-26-14-13-24(18-36)32-30(26)35)16-20-7-9-21(10-8-20)25-5-4-6-29(34-25)37-19-22-11-12-23(31)17-27(22)38/h4-6,9,11-14,17-18,20H,7-8,10,15-16,19,38H2,1H3. The molecule has 2 atom stereocenters. The van der Waals surface area contributed by atoms with Gasteiger partial charge in [0, 0.05) is 17.5 Å². The number of nitrogens with zero attached hydrogens (tertiary/aromatic N) is 4. The van der Waals surface area contributed by atoms with Crippen molar-refractivity contribution < 1.29 is 9.53 Å². The van der Waals surface area contributed by atoms with Gasteiger partial charge in [-0.2, -0.15) is 0 Å². The van der Waals surface area contributed by atoms with Gasteiger partial charge in [0.25, 0.3) is 0 Å². The van der Waals surface area contributed by atoms with Crippen molar-refractivity contribution in [3.63, 3.8) is 0 Å². The number of imidazole rings is 1. The molecule has 0 saturated carbocycles. The topological polar surface area (TPSA) is 69.9 Å². The summed E-state index contributed by atoms with van der Waals surface area (Å²) >= 11 is 6.06. The number of carbonyl (C=O) groups is 1. The number of hydrogen-bond acceptors (Lipinski definition) is 5. The number of allylic oxidation sites excluding steroid dienone is 2. The molecule has 1 aromatic carbocycles. The van der Waals surface area contributed by atoms with E-state index < -0.39 is 0 Å². The van der Waals surface area contributed by atoms with Crippen LogP contribution in [0, 0.1) is 17.8 Å². The first-order valence-electron chi connectivity index (χ1n) is 12.6. The van der Waals surface area contributed by atoms with E-state index in [0.29, 0.717) is 41.3 Å². The third-order valence-corrected chi connectivity index (χ3v) is 7.53. The van der Waals surface area contributed by atoms with E-state index in [4.69, 9.17) is 26.3 Å². The third-order valence-electron chi connectivity index (χ3n) is 6.75. The molecule has 0 spiro atoms. The lowest BCUT2D eigenvalue weighted by Crippen LogP contribution is -2.13. The summed E-state index contributed by atoms with van der Waals surface area (Å²) in [6.45, 7) is 2.76. The number of rotatable bonds is 8. The van der Waals surface area contributed by atoms with Crippen LogP contribution in [0.15, 0.2) is 54.6 Å². The molecular formula is C30H28ClN4O2P. The largest absolute Gasteiger partial charge is 0.473 e. The first-order chi connectivity index (χ1) is 18.5. The van der Waals surface area contributed by atoms with Crippen molar-refractivity contribution in [2.75, 3.05) is 0 Å². The van der Waals surface area contributed by atoms with Gasteiger partial charge in [-0.15, -0.1) is 15.2 Å². The molecule has 192 valence electrons. The van der Waals surface area contributed by atoms with Gasteiger partial charge in [-0.3, -0.25) is 4.79 Å². The number of pyridine rings is 2. The van der Waals surface area contributed by atoms with Crippen LogP contribution in [0.1, 0.15) is 53.8 Å². The highest BCUT2D eigenvalue weighted by molar-refractivity contribution is 7.27. The van der Waals surface area contributed by atoms with Crippen molar-refractivity contribution >= 4 is 49.2 Å². The average molecular weight is 543 g/mol. The number of benzene rings is 1. The molecule has 8 heteroatoms. The molecule has 38 heavy (non-hydrogen) atoms. The van der Waals surface area contributed by atoms with E-state index in [9.17, 15) is 4.79 Å². The molecule has 0 N–H and O–H groups in total. The lowest BCUT2D eigenvalue weighted by molar-refractivity contribution is 0.111. The van der Waals surface area contributed by atoms with E-state index in [1.165, 1.54) is 5.57 Å². The van der Waals surface area contributed by atoms with E-state index in [2.05, 4.69) is 32.1 Å².